The van der Waals surface area contributed by atoms with Gasteiger partial charge in [-0.05, 0) is 32.2 Å². The van der Waals surface area contributed by atoms with Crippen LogP contribution in [0.3, 0.4) is 0 Å². The molecule has 5 nitrogen and oxygen atoms in total. The molecule has 0 aliphatic heterocycles. The maximum atomic E-state index is 12.5. The van der Waals surface area contributed by atoms with Crippen molar-refractivity contribution in [3.05, 3.63) is 59.1 Å². The number of amides is 1. The van der Waals surface area contributed by atoms with Crippen LogP contribution >= 0.6 is 11.3 Å². The summed E-state index contributed by atoms with van der Waals surface area (Å²) in [7, 11) is 3.58. The van der Waals surface area contributed by atoms with Crippen molar-refractivity contribution in [3.63, 3.8) is 0 Å². The molecular weight excluding hydrogens is 346 g/mol. The van der Waals surface area contributed by atoms with Crippen molar-refractivity contribution in [2.45, 2.75) is 26.1 Å². The van der Waals surface area contributed by atoms with Gasteiger partial charge in [-0.2, -0.15) is 0 Å². The fourth-order valence-electron chi connectivity index (χ4n) is 2.72. The Bertz CT molecular complexity index is 860. The molecule has 136 valence electrons. The summed E-state index contributed by atoms with van der Waals surface area (Å²) < 4.78 is 6.50. The van der Waals surface area contributed by atoms with E-state index in [9.17, 15) is 4.79 Å². The molecule has 3 aromatic rings. The summed E-state index contributed by atoms with van der Waals surface area (Å²) in [6.45, 7) is 3.00. The molecule has 0 spiro atoms. The average molecular weight is 369 g/mol. The zero-order valence-electron chi connectivity index (χ0n) is 15.2. The molecular formula is C20H23N3O2S. The number of para-hydroxylation sites is 2. The number of hydrogen-bond donors (Lipinski definition) is 1. The van der Waals surface area contributed by atoms with Crippen molar-refractivity contribution in [1.29, 1.82) is 0 Å². The maximum absolute atomic E-state index is 12.5. The molecule has 0 unspecified atom stereocenters. The van der Waals surface area contributed by atoms with E-state index in [0.29, 0.717) is 13.1 Å². The normalized spacial score (nSPS) is 12.3. The highest BCUT2D eigenvalue weighted by Gasteiger charge is 2.19. The second-order valence-electron chi connectivity index (χ2n) is 6.20. The van der Waals surface area contributed by atoms with Crippen molar-refractivity contribution in [2.75, 3.05) is 14.2 Å². The molecule has 1 atom stereocenters. The predicted octanol–water partition coefficient (Wildman–Crippen LogP) is 3.44. The standard InChI is InChI=1S/C20H23N3O2S/c1-14(20(24)21-12-15-8-4-6-10-17(15)25-3)23(2)13-19-22-16-9-5-7-11-18(16)26-19/h4-11,14H,12-13H2,1-3H3,(H,21,24)/t14-/m0/s1. The SMILES string of the molecule is COc1ccccc1CNC(=O)[C@H](C)N(C)Cc1nc2ccccc2s1. The van der Waals surface area contributed by atoms with Crippen molar-refractivity contribution >= 4 is 27.5 Å². The molecule has 0 aliphatic carbocycles. The summed E-state index contributed by atoms with van der Waals surface area (Å²) in [5.74, 6) is 0.766. The summed E-state index contributed by atoms with van der Waals surface area (Å²) in [6.07, 6.45) is 0. The van der Waals surface area contributed by atoms with Crippen LogP contribution in [-0.2, 0) is 17.9 Å². The molecule has 6 heteroatoms. The Kier molecular flexibility index (Phi) is 5.85. The van der Waals surface area contributed by atoms with Gasteiger partial charge in [0.2, 0.25) is 5.91 Å². The minimum Gasteiger partial charge on any atom is -0.496 e. The van der Waals surface area contributed by atoms with Gasteiger partial charge in [-0.1, -0.05) is 30.3 Å². The first-order valence-corrected chi connectivity index (χ1v) is 9.34. The molecule has 1 amide bonds. The monoisotopic (exact) mass is 369 g/mol. The first-order valence-electron chi connectivity index (χ1n) is 8.52. The van der Waals surface area contributed by atoms with Gasteiger partial charge in [-0.25, -0.2) is 4.98 Å². The highest BCUT2D eigenvalue weighted by molar-refractivity contribution is 7.18. The summed E-state index contributed by atoms with van der Waals surface area (Å²) in [5.41, 5.74) is 1.97. The Morgan fingerprint density at radius 1 is 1.23 bits per heavy atom. The van der Waals surface area contributed by atoms with E-state index in [4.69, 9.17) is 4.74 Å². The molecule has 0 aliphatic rings. The number of aromatic nitrogens is 1. The Morgan fingerprint density at radius 2 is 1.96 bits per heavy atom. The molecule has 0 bridgehead atoms. The van der Waals surface area contributed by atoms with Gasteiger partial charge in [0.05, 0.1) is 29.9 Å². The number of thiazole rings is 1. The van der Waals surface area contributed by atoms with Crippen LogP contribution in [-0.4, -0.2) is 36.0 Å². The van der Waals surface area contributed by atoms with E-state index in [1.807, 2.05) is 61.3 Å². The fourth-order valence-corrected chi connectivity index (χ4v) is 3.75. The number of ether oxygens (including phenoxy) is 1. The van der Waals surface area contributed by atoms with Crippen LogP contribution in [0.5, 0.6) is 5.75 Å². The van der Waals surface area contributed by atoms with Crippen molar-refractivity contribution < 1.29 is 9.53 Å². The molecule has 0 saturated heterocycles. The number of nitrogens with one attached hydrogen (secondary N) is 1. The van der Waals surface area contributed by atoms with Crippen LogP contribution in [0.2, 0.25) is 0 Å². The second kappa shape index (κ2) is 8.29. The molecule has 1 N–H and O–H groups in total. The summed E-state index contributed by atoms with van der Waals surface area (Å²) in [5, 5.41) is 4.00. The van der Waals surface area contributed by atoms with Gasteiger partial charge in [0.1, 0.15) is 10.8 Å². The highest BCUT2D eigenvalue weighted by Crippen LogP contribution is 2.23. The van der Waals surface area contributed by atoms with E-state index < -0.39 is 0 Å². The number of fused-ring (bicyclic) bond motifs is 1. The Morgan fingerprint density at radius 3 is 2.73 bits per heavy atom. The molecule has 1 aromatic heterocycles. The van der Waals surface area contributed by atoms with Gasteiger partial charge in [0.15, 0.2) is 0 Å². The number of hydrogen-bond acceptors (Lipinski definition) is 5. The Balaban J connectivity index is 1.58. The van der Waals surface area contributed by atoms with Crippen LogP contribution in [0, 0.1) is 0 Å². The average Bonchev–Trinajstić information content (AvgIpc) is 3.07. The van der Waals surface area contributed by atoms with E-state index in [2.05, 4.69) is 16.4 Å². The number of rotatable bonds is 7. The van der Waals surface area contributed by atoms with Gasteiger partial charge >= 0.3 is 0 Å². The number of benzene rings is 2. The third-order valence-electron chi connectivity index (χ3n) is 4.41. The van der Waals surface area contributed by atoms with Crippen molar-refractivity contribution in [1.82, 2.24) is 15.2 Å². The van der Waals surface area contributed by atoms with E-state index in [1.165, 1.54) is 4.70 Å². The minimum atomic E-state index is -0.253. The quantitative estimate of drug-likeness (QED) is 0.693. The lowest BCUT2D eigenvalue weighted by molar-refractivity contribution is -0.125. The lowest BCUT2D eigenvalue weighted by Gasteiger charge is -2.23. The summed E-state index contributed by atoms with van der Waals surface area (Å²) >= 11 is 1.67. The van der Waals surface area contributed by atoms with Crippen LogP contribution in [0.4, 0.5) is 0 Å². The predicted molar refractivity (Wildman–Crippen MR) is 105 cm³/mol. The first kappa shape index (κ1) is 18.4. The van der Waals surface area contributed by atoms with Crippen LogP contribution in [0.25, 0.3) is 10.2 Å². The molecule has 26 heavy (non-hydrogen) atoms. The van der Waals surface area contributed by atoms with Gasteiger partial charge in [0, 0.05) is 12.1 Å². The zero-order chi connectivity index (χ0) is 18.5. The lowest BCUT2D eigenvalue weighted by Crippen LogP contribution is -2.42. The van der Waals surface area contributed by atoms with Gasteiger partial charge in [-0.3, -0.25) is 9.69 Å². The number of nitrogens with zero attached hydrogens (tertiary/aromatic N) is 2. The van der Waals surface area contributed by atoms with Crippen LogP contribution in [0.1, 0.15) is 17.5 Å². The van der Waals surface area contributed by atoms with Gasteiger partial charge in [-0.15, -0.1) is 11.3 Å². The van der Waals surface area contributed by atoms with Crippen LogP contribution in [0.15, 0.2) is 48.5 Å². The molecule has 0 radical (unpaired) electrons. The third-order valence-corrected chi connectivity index (χ3v) is 5.43. The highest BCUT2D eigenvalue weighted by atomic mass is 32.1. The summed E-state index contributed by atoms with van der Waals surface area (Å²) in [4.78, 5) is 19.2. The third kappa shape index (κ3) is 4.20. The number of likely N-dealkylation sites (N-methyl/N-ethyl adjacent to an activating group) is 1. The smallest absolute Gasteiger partial charge is 0.237 e. The van der Waals surface area contributed by atoms with Crippen molar-refractivity contribution in [2.24, 2.45) is 0 Å². The van der Waals surface area contributed by atoms with E-state index in [0.717, 1.165) is 21.8 Å². The topological polar surface area (TPSA) is 54.5 Å². The number of carbonyl (C=O) groups excluding carboxylic acids is 1. The van der Waals surface area contributed by atoms with Gasteiger partial charge in [0.25, 0.3) is 0 Å². The Hall–Kier alpha value is -2.44. The molecule has 3 rings (SSSR count). The molecule has 1 heterocycles. The lowest BCUT2D eigenvalue weighted by atomic mass is 10.2. The molecule has 0 fully saturated rings. The van der Waals surface area contributed by atoms with Crippen molar-refractivity contribution in [3.8, 4) is 5.75 Å². The largest absolute Gasteiger partial charge is 0.496 e. The van der Waals surface area contributed by atoms with E-state index in [1.54, 1.807) is 18.4 Å². The summed E-state index contributed by atoms with van der Waals surface area (Å²) in [6, 6.07) is 15.5. The van der Waals surface area contributed by atoms with Crippen LogP contribution < -0.4 is 10.1 Å². The zero-order valence-corrected chi connectivity index (χ0v) is 16.0. The molecule has 0 saturated carbocycles. The van der Waals surface area contributed by atoms with E-state index >= 15 is 0 Å². The number of methoxy groups -OCH3 is 1. The molecule has 2 aromatic carbocycles. The number of carbonyl (C=O) groups is 1. The fraction of sp³-hybridized carbons (Fsp3) is 0.300. The minimum absolute atomic E-state index is 0.0143. The Labute approximate surface area is 157 Å². The van der Waals surface area contributed by atoms with Gasteiger partial charge < -0.3 is 10.1 Å². The second-order valence-corrected chi connectivity index (χ2v) is 7.31. The first-order chi connectivity index (χ1) is 12.6. The maximum Gasteiger partial charge on any atom is 0.237 e. The van der Waals surface area contributed by atoms with E-state index in [-0.39, 0.29) is 11.9 Å².